The lowest BCUT2D eigenvalue weighted by Crippen LogP contribution is -2.41. The number of nitrogens with one attached hydrogen (secondary N) is 1. The van der Waals surface area contributed by atoms with Crippen LogP contribution in [0.4, 0.5) is 0 Å². The minimum Gasteiger partial charge on any atom is -0.394 e. The number of aromatic nitrogens is 2. The summed E-state index contributed by atoms with van der Waals surface area (Å²) in [6.07, 6.45) is -0.411. The summed E-state index contributed by atoms with van der Waals surface area (Å²) in [7, 11) is 0. The summed E-state index contributed by atoms with van der Waals surface area (Å²) in [6.45, 7) is 4.63. The maximum atomic E-state index is 12.3. The number of rotatable bonds is 6. The van der Waals surface area contributed by atoms with E-state index >= 15 is 0 Å². The van der Waals surface area contributed by atoms with Crippen molar-refractivity contribution in [3.8, 4) is 0 Å². The number of nitrogens with zero attached hydrogens (tertiary/aromatic N) is 1. The highest BCUT2D eigenvalue weighted by Crippen LogP contribution is 2.75. The maximum Gasteiger partial charge on any atom is 0.330 e. The molecule has 0 bridgehead atoms. The molecule has 1 saturated heterocycles. The Morgan fingerprint density at radius 2 is 1.96 bits per heavy atom. The predicted octanol–water partition coefficient (Wildman–Crippen LogP) is -0.848. The van der Waals surface area contributed by atoms with Gasteiger partial charge in [0.05, 0.1) is 18.3 Å². The molecule has 0 spiro atoms. The van der Waals surface area contributed by atoms with Gasteiger partial charge < -0.3 is 25.2 Å². The van der Waals surface area contributed by atoms with Crippen LogP contribution in [0, 0.1) is 5.41 Å². The predicted molar refractivity (Wildman–Crippen MR) is 90.5 cm³/mol. The van der Waals surface area contributed by atoms with E-state index in [1.54, 1.807) is 13.8 Å². The Morgan fingerprint density at radius 3 is 2.50 bits per heavy atom. The number of aromatic amines is 1. The van der Waals surface area contributed by atoms with Gasteiger partial charge in [-0.3, -0.25) is 14.3 Å². The number of unbranched alkanes of at least 4 members (excludes halogenated alkanes) is 1. The van der Waals surface area contributed by atoms with Gasteiger partial charge in [-0.15, -0.1) is 0 Å². The van der Waals surface area contributed by atoms with Crippen LogP contribution in [0.5, 0.6) is 0 Å². The van der Waals surface area contributed by atoms with Crippen LogP contribution in [0.25, 0.3) is 0 Å². The first-order chi connectivity index (χ1) is 12.1. The standard InChI is InChI=1S/C17H26N2O7/c1-4-5-6-10(21)9-7-19(14(23)18-12(9)22)13-17(25)15(2,3)16(17,24)11(8-20)26-13/h7,10-11,13,20-21,24-25H,4-6,8H2,1-3H3,(H,18,22,23)/t10-,11-,13-,16+,17-/m1/s1. The molecule has 2 aliphatic rings. The van der Waals surface area contributed by atoms with Crippen molar-refractivity contribution >= 4 is 0 Å². The first kappa shape index (κ1) is 19.2. The summed E-state index contributed by atoms with van der Waals surface area (Å²) in [6, 6.07) is 0. The summed E-state index contributed by atoms with van der Waals surface area (Å²) in [5, 5.41) is 41.6. The molecule has 9 nitrogen and oxygen atoms in total. The lowest BCUT2D eigenvalue weighted by atomic mass is 10.0. The first-order valence-corrected chi connectivity index (χ1v) is 8.82. The van der Waals surface area contributed by atoms with Crippen LogP contribution in [0.15, 0.2) is 15.8 Å². The third-order valence-electron chi connectivity index (χ3n) is 6.14. The van der Waals surface area contributed by atoms with E-state index in [-0.39, 0.29) is 5.56 Å². The van der Waals surface area contributed by atoms with Crippen molar-refractivity contribution in [2.45, 2.75) is 69.7 Å². The molecule has 3 rings (SSSR count). The highest BCUT2D eigenvalue weighted by Gasteiger charge is 2.92. The topological polar surface area (TPSA) is 145 Å². The maximum absolute atomic E-state index is 12.3. The summed E-state index contributed by atoms with van der Waals surface area (Å²) >= 11 is 0. The SMILES string of the molecule is CCCC[C@@H](O)c1cn([C@@H]2O[C@H](CO)[C@]3(O)C(C)(C)[C@]23O)c(=O)[nH]c1=O. The van der Waals surface area contributed by atoms with Gasteiger partial charge in [-0.25, -0.2) is 4.79 Å². The van der Waals surface area contributed by atoms with Gasteiger partial charge in [0, 0.05) is 11.6 Å². The van der Waals surface area contributed by atoms with Gasteiger partial charge in [-0.05, 0) is 6.42 Å². The molecular formula is C17H26N2O7. The van der Waals surface area contributed by atoms with Crippen LogP contribution in [-0.4, -0.2) is 53.9 Å². The molecule has 0 radical (unpaired) electrons. The monoisotopic (exact) mass is 370 g/mol. The molecule has 26 heavy (non-hydrogen) atoms. The number of H-pyrrole nitrogens is 1. The smallest absolute Gasteiger partial charge is 0.330 e. The average molecular weight is 370 g/mol. The Hall–Kier alpha value is -1.52. The van der Waals surface area contributed by atoms with Crippen LogP contribution in [-0.2, 0) is 4.74 Å². The number of aliphatic hydroxyl groups excluding tert-OH is 2. The lowest BCUT2D eigenvalue weighted by molar-refractivity contribution is -0.126. The Kier molecular flexibility index (Phi) is 4.44. The third-order valence-corrected chi connectivity index (χ3v) is 6.14. The quantitative estimate of drug-likeness (QED) is 0.439. The Labute approximate surface area is 149 Å². The molecule has 1 aliphatic heterocycles. The molecular weight excluding hydrogens is 344 g/mol. The second-order valence-electron chi connectivity index (χ2n) is 7.73. The van der Waals surface area contributed by atoms with Crippen molar-refractivity contribution in [1.82, 2.24) is 9.55 Å². The molecule has 146 valence electrons. The first-order valence-electron chi connectivity index (χ1n) is 8.82. The van der Waals surface area contributed by atoms with Gasteiger partial charge in [0.25, 0.3) is 5.56 Å². The zero-order valence-electron chi connectivity index (χ0n) is 15.1. The molecule has 9 heteroatoms. The van der Waals surface area contributed by atoms with E-state index in [1.807, 2.05) is 6.92 Å². The fraction of sp³-hybridized carbons (Fsp3) is 0.765. The second kappa shape index (κ2) is 6.00. The van der Waals surface area contributed by atoms with Crippen molar-refractivity contribution in [3.63, 3.8) is 0 Å². The number of ether oxygens (including phenoxy) is 1. The molecule has 5 atom stereocenters. The number of hydrogen-bond donors (Lipinski definition) is 5. The van der Waals surface area contributed by atoms with Crippen molar-refractivity contribution in [3.05, 3.63) is 32.6 Å². The summed E-state index contributed by atoms with van der Waals surface area (Å²) < 4.78 is 6.52. The number of hydrogen-bond acceptors (Lipinski definition) is 7. The van der Waals surface area contributed by atoms with Gasteiger partial charge in [-0.2, -0.15) is 0 Å². The molecule has 0 unspecified atom stereocenters. The average Bonchev–Trinajstić information content (AvgIpc) is 2.82. The zero-order chi connectivity index (χ0) is 19.5. The van der Waals surface area contributed by atoms with Gasteiger partial charge in [0.15, 0.2) is 6.23 Å². The molecule has 1 aliphatic carbocycles. The highest BCUT2D eigenvalue weighted by molar-refractivity contribution is 5.39. The molecule has 0 amide bonds. The summed E-state index contributed by atoms with van der Waals surface area (Å²) in [5.41, 5.74) is -6.13. The Morgan fingerprint density at radius 1 is 1.31 bits per heavy atom. The molecule has 2 fully saturated rings. The van der Waals surface area contributed by atoms with E-state index in [0.717, 1.165) is 11.0 Å². The van der Waals surface area contributed by atoms with E-state index in [0.29, 0.717) is 12.8 Å². The minimum atomic E-state index is -1.82. The molecule has 1 aromatic rings. The normalized spacial score (nSPS) is 36.0. The van der Waals surface area contributed by atoms with Crippen LogP contribution in [0.2, 0.25) is 0 Å². The van der Waals surface area contributed by atoms with Crippen molar-refractivity contribution in [1.29, 1.82) is 0 Å². The van der Waals surface area contributed by atoms with Crippen LogP contribution in [0.1, 0.15) is 57.9 Å². The fourth-order valence-corrected chi connectivity index (χ4v) is 4.30. The van der Waals surface area contributed by atoms with Gasteiger partial charge in [-0.1, -0.05) is 33.6 Å². The van der Waals surface area contributed by atoms with Gasteiger partial charge >= 0.3 is 5.69 Å². The van der Waals surface area contributed by atoms with E-state index in [4.69, 9.17) is 4.74 Å². The van der Waals surface area contributed by atoms with E-state index in [9.17, 15) is 30.0 Å². The Balaban J connectivity index is 2.05. The molecule has 0 aromatic carbocycles. The minimum absolute atomic E-state index is 0.0142. The third kappa shape index (κ3) is 2.15. The van der Waals surface area contributed by atoms with Crippen molar-refractivity contribution < 1.29 is 25.2 Å². The van der Waals surface area contributed by atoms with Gasteiger partial charge in [0.2, 0.25) is 0 Å². The summed E-state index contributed by atoms with van der Waals surface area (Å²) in [4.78, 5) is 26.5. The molecule has 2 heterocycles. The van der Waals surface area contributed by atoms with Crippen molar-refractivity contribution in [2.75, 3.05) is 6.61 Å². The summed E-state index contributed by atoms with van der Waals surface area (Å²) in [5.74, 6) is 0. The van der Waals surface area contributed by atoms with Gasteiger partial charge in [0.1, 0.15) is 17.3 Å². The van der Waals surface area contributed by atoms with E-state index in [1.165, 1.54) is 6.20 Å². The molecule has 1 saturated carbocycles. The fourth-order valence-electron chi connectivity index (χ4n) is 4.30. The van der Waals surface area contributed by atoms with Crippen LogP contribution in [0.3, 0.4) is 0 Å². The number of fused-ring (bicyclic) bond motifs is 1. The zero-order valence-corrected chi connectivity index (χ0v) is 15.1. The number of aliphatic hydroxyl groups is 4. The second-order valence-corrected chi connectivity index (χ2v) is 7.73. The van der Waals surface area contributed by atoms with E-state index in [2.05, 4.69) is 4.98 Å². The lowest BCUT2D eigenvalue weighted by Gasteiger charge is -2.27. The molecule has 1 aromatic heterocycles. The van der Waals surface area contributed by atoms with Crippen LogP contribution >= 0.6 is 0 Å². The highest BCUT2D eigenvalue weighted by atomic mass is 16.6. The van der Waals surface area contributed by atoms with E-state index < -0.39 is 52.9 Å². The largest absolute Gasteiger partial charge is 0.394 e. The van der Waals surface area contributed by atoms with Crippen molar-refractivity contribution in [2.24, 2.45) is 5.41 Å². The Bertz CT molecular complexity index is 816. The van der Waals surface area contributed by atoms with Crippen LogP contribution < -0.4 is 11.2 Å². The molecule has 5 N–H and O–H groups in total.